The van der Waals surface area contributed by atoms with E-state index < -0.39 is 12.0 Å². The molecule has 0 saturated heterocycles. The van der Waals surface area contributed by atoms with E-state index in [-0.39, 0.29) is 38.0 Å². The number of carbonyl (C=O) groups excluding carboxylic acids is 3. The van der Waals surface area contributed by atoms with Gasteiger partial charge in [0.05, 0.1) is 6.61 Å². The summed E-state index contributed by atoms with van der Waals surface area (Å²) in [5.41, 5.74) is 2.90. The van der Waals surface area contributed by atoms with Crippen molar-refractivity contribution >= 4 is 28.8 Å². The van der Waals surface area contributed by atoms with Crippen LogP contribution >= 0.6 is 0 Å². The third-order valence-electron chi connectivity index (χ3n) is 6.05. The lowest BCUT2D eigenvalue weighted by molar-refractivity contribution is -0.141. The molecule has 3 aromatic rings. The number of H-pyrrole nitrogens is 1. The van der Waals surface area contributed by atoms with Crippen LogP contribution in [0.15, 0.2) is 54.7 Å². The number of benzene rings is 2. The molecule has 0 atom stereocenters. The molecule has 1 aromatic heterocycles. The molecule has 0 aliphatic heterocycles. The first-order chi connectivity index (χ1) is 17.9. The van der Waals surface area contributed by atoms with Crippen molar-refractivity contribution in [1.29, 1.82) is 0 Å². The molecule has 0 aliphatic carbocycles. The molecule has 0 spiro atoms. The number of ether oxygens (including phenoxy) is 1. The highest BCUT2D eigenvalue weighted by Crippen LogP contribution is 2.19. The van der Waals surface area contributed by atoms with E-state index in [1.165, 1.54) is 17.0 Å². The van der Waals surface area contributed by atoms with E-state index in [1.54, 1.807) is 24.0 Å². The van der Waals surface area contributed by atoms with Gasteiger partial charge in [-0.05, 0) is 49.1 Å². The summed E-state index contributed by atoms with van der Waals surface area (Å²) in [5, 5.41) is 3.64. The van der Waals surface area contributed by atoms with E-state index in [2.05, 4.69) is 10.3 Å². The van der Waals surface area contributed by atoms with E-state index in [1.807, 2.05) is 37.4 Å². The predicted molar refractivity (Wildman–Crippen MR) is 140 cm³/mol. The third-order valence-corrected chi connectivity index (χ3v) is 6.05. The van der Waals surface area contributed by atoms with E-state index in [9.17, 15) is 18.8 Å². The maximum Gasteiger partial charge on any atom is 0.325 e. The van der Waals surface area contributed by atoms with Gasteiger partial charge < -0.3 is 24.8 Å². The first-order valence-corrected chi connectivity index (χ1v) is 12.7. The first kappa shape index (κ1) is 27.7. The number of hydrogen-bond acceptors (Lipinski definition) is 4. The van der Waals surface area contributed by atoms with Gasteiger partial charge in [-0.1, -0.05) is 43.7 Å². The number of nitrogens with zero attached hydrogens (tertiary/aromatic N) is 2. The Labute approximate surface area is 216 Å². The van der Waals surface area contributed by atoms with Crippen molar-refractivity contribution in [3.05, 3.63) is 71.7 Å². The zero-order valence-corrected chi connectivity index (χ0v) is 21.5. The van der Waals surface area contributed by atoms with Crippen molar-refractivity contribution in [2.75, 3.05) is 32.8 Å². The number of aromatic nitrogens is 1. The third kappa shape index (κ3) is 8.34. The van der Waals surface area contributed by atoms with Crippen molar-refractivity contribution in [3.8, 4) is 0 Å². The summed E-state index contributed by atoms with van der Waals surface area (Å²) in [7, 11) is 0. The highest BCUT2D eigenvalue weighted by Gasteiger charge is 2.22. The summed E-state index contributed by atoms with van der Waals surface area (Å²) in [6.07, 6.45) is 4.12. The molecule has 2 N–H and O–H groups in total. The molecule has 3 amide bonds. The highest BCUT2D eigenvalue weighted by molar-refractivity contribution is 5.86. The topological polar surface area (TPSA) is 94.7 Å². The Morgan fingerprint density at radius 1 is 1.00 bits per heavy atom. The number of halogens is 1. The van der Waals surface area contributed by atoms with E-state index in [4.69, 9.17) is 4.74 Å². The fourth-order valence-electron chi connectivity index (χ4n) is 4.03. The molecular formula is C28H35FN4O4. The second-order valence-electron chi connectivity index (χ2n) is 8.79. The fraction of sp³-hybridized carbons (Fsp3) is 0.393. The number of fused-ring (bicyclic) bond motifs is 1. The monoisotopic (exact) mass is 510 g/mol. The van der Waals surface area contributed by atoms with Gasteiger partial charge in [0.1, 0.15) is 18.9 Å². The van der Waals surface area contributed by atoms with Crippen LogP contribution in [0.4, 0.5) is 9.18 Å². The van der Waals surface area contributed by atoms with Crippen LogP contribution in [-0.4, -0.2) is 65.5 Å². The zero-order chi connectivity index (χ0) is 26.6. The number of hydrogen-bond donors (Lipinski definition) is 2. The van der Waals surface area contributed by atoms with Crippen LogP contribution in [0.25, 0.3) is 10.9 Å². The van der Waals surface area contributed by atoms with Gasteiger partial charge in [-0.25, -0.2) is 9.18 Å². The number of carbonyl (C=O) groups is 3. The van der Waals surface area contributed by atoms with Crippen molar-refractivity contribution < 1.29 is 23.5 Å². The van der Waals surface area contributed by atoms with E-state index >= 15 is 0 Å². The summed E-state index contributed by atoms with van der Waals surface area (Å²) >= 11 is 0. The largest absolute Gasteiger partial charge is 0.465 e. The molecule has 1 heterocycles. The SMILES string of the molecule is CCCCN(CC(=O)N(CCc1c[nH]c2ccccc12)Cc1ccc(F)cc1)C(=O)NCC(=O)OCC. The van der Waals surface area contributed by atoms with Crippen LogP contribution in [0.5, 0.6) is 0 Å². The molecule has 3 rings (SSSR count). The second kappa shape index (κ2) is 14.0. The average Bonchev–Trinajstić information content (AvgIpc) is 3.31. The van der Waals surface area contributed by atoms with Gasteiger partial charge in [0.25, 0.3) is 0 Å². The summed E-state index contributed by atoms with van der Waals surface area (Å²) in [6, 6.07) is 13.5. The molecule has 0 unspecified atom stereocenters. The number of nitrogens with one attached hydrogen (secondary N) is 2. The van der Waals surface area contributed by atoms with Gasteiger partial charge in [-0.2, -0.15) is 0 Å². The summed E-state index contributed by atoms with van der Waals surface area (Å²) < 4.78 is 18.3. The lowest BCUT2D eigenvalue weighted by Gasteiger charge is -2.28. The Balaban J connectivity index is 1.73. The van der Waals surface area contributed by atoms with Gasteiger partial charge >= 0.3 is 12.0 Å². The Kier molecular flexibility index (Phi) is 10.5. The summed E-state index contributed by atoms with van der Waals surface area (Å²) in [5.74, 6) is -1.11. The highest BCUT2D eigenvalue weighted by atomic mass is 19.1. The number of aromatic amines is 1. The van der Waals surface area contributed by atoms with Crippen LogP contribution in [0.1, 0.15) is 37.8 Å². The summed E-state index contributed by atoms with van der Waals surface area (Å²) in [4.78, 5) is 44.3. The number of unbranched alkanes of at least 4 members (excludes halogenated alkanes) is 1. The predicted octanol–water partition coefficient (Wildman–Crippen LogP) is 4.25. The zero-order valence-electron chi connectivity index (χ0n) is 21.5. The number of urea groups is 1. The molecule has 0 aliphatic rings. The number of rotatable bonds is 13. The average molecular weight is 511 g/mol. The fourth-order valence-corrected chi connectivity index (χ4v) is 4.03. The lowest BCUT2D eigenvalue weighted by Crippen LogP contribution is -2.48. The van der Waals surface area contributed by atoms with E-state index in [0.717, 1.165) is 28.5 Å². The number of amides is 3. The van der Waals surface area contributed by atoms with Crippen molar-refractivity contribution in [2.45, 2.75) is 39.7 Å². The van der Waals surface area contributed by atoms with E-state index in [0.29, 0.717) is 25.9 Å². The van der Waals surface area contributed by atoms with Crippen LogP contribution in [0, 0.1) is 5.82 Å². The Morgan fingerprint density at radius 3 is 2.49 bits per heavy atom. The number of para-hydroxylation sites is 1. The quantitative estimate of drug-likeness (QED) is 0.336. The van der Waals surface area contributed by atoms with Crippen LogP contribution in [0.3, 0.4) is 0 Å². The summed E-state index contributed by atoms with van der Waals surface area (Å²) in [6.45, 7) is 4.60. The molecule has 198 valence electrons. The Morgan fingerprint density at radius 2 is 1.76 bits per heavy atom. The maximum absolute atomic E-state index is 13.5. The van der Waals surface area contributed by atoms with Gasteiger partial charge in [0.2, 0.25) is 5.91 Å². The standard InChI is InChI=1S/C28H35FN4O4/c1-3-5-15-33(28(36)31-18-27(35)37-4-2)20-26(34)32(19-21-10-12-23(29)13-11-21)16-14-22-17-30-25-9-7-6-8-24(22)25/h6-13,17,30H,3-5,14-16,18-20H2,1-2H3,(H,31,36). The van der Waals surface area contributed by atoms with Gasteiger partial charge in [-0.15, -0.1) is 0 Å². The van der Waals surface area contributed by atoms with Crippen molar-refractivity contribution in [1.82, 2.24) is 20.1 Å². The molecule has 0 bridgehead atoms. The van der Waals surface area contributed by atoms with Crippen LogP contribution in [-0.2, 0) is 27.3 Å². The second-order valence-corrected chi connectivity index (χ2v) is 8.79. The molecule has 2 aromatic carbocycles. The van der Waals surface area contributed by atoms with Gasteiger partial charge in [0, 0.05) is 36.7 Å². The maximum atomic E-state index is 13.5. The van der Waals surface area contributed by atoms with Gasteiger partial charge in [0.15, 0.2) is 0 Å². The van der Waals surface area contributed by atoms with Gasteiger partial charge in [-0.3, -0.25) is 9.59 Å². The Bertz CT molecular complexity index is 1180. The minimum absolute atomic E-state index is 0.135. The lowest BCUT2D eigenvalue weighted by atomic mass is 10.1. The minimum Gasteiger partial charge on any atom is -0.465 e. The molecule has 8 nitrogen and oxygen atoms in total. The van der Waals surface area contributed by atoms with Crippen LogP contribution in [0.2, 0.25) is 0 Å². The normalized spacial score (nSPS) is 10.8. The molecule has 37 heavy (non-hydrogen) atoms. The minimum atomic E-state index is -0.533. The van der Waals surface area contributed by atoms with Crippen LogP contribution < -0.4 is 5.32 Å². The smallest absolute Gasteiger partial charge is 0.325 e. The first-order valence-electron chi connectivity index (χ1n) is 12.7. The molecule has 0 saturated carbocycles. The van der Waals surface area contributed by atoms with Crippen molar-refractivity contribution in [3.63, 3.8) is 0 Å². The molecule has 0 radical (unpaired) electrons. The Hall–Kier alpha value is -3.88. The molecule has 0 fully saturated rings. The van der Waals surface area contributed by atoms with Crippen molar-refractivity contribution in [2.24, 2.45) is 0 Å². The molecule has 9 heteroatoms. The number of esters is 1. The molecular weight excluding hydrogens is 475 g/mol.